The Kier molecular flexibility index (Phi) is 4.80. The standard InChI is InChI=1S/C11H9BrN2O4/c1-2-18-11(15)9-4-10(14(16)17)8(6-13)3-7(9)5-12/h3-4H,2,5H2,1H3. The largest absolute Gasteiger partial charge is 0.462 e. The Hall–Kier alpha value is -1.94. The number of alkyl halides is 1. The first-order valence-corrected chi connectivity index (χ1v) is 6.11. The maximum atomic E-state index is 11.7. The summed E-state index contributed by atoms with van der Waals surface area (Å²) in [5.41, 5.74) is 0.0998. The van der Waals surface area contributed by atoms with Gasteiger partial charge in [-0.05, 0) is 18.6 Å². The first-order chi connectivity index (χ1) is 8.54. The van der Waals surface area contributed by atoms with Gasteiger partial charge in [0.05, 0.1) is 17.1 Å². The molecule has 18 heavy (non-hydrogen) atoms. The van der Waals surface area contributed by atoms with Gasteiger partial charge in [0.25, 0.3) is 5.69 Å². The number of hydrogen-bond acceptors (Lipinski definition) is 5. The van der Waals surface area contributed by atoms with E-state index in [0.29, 0.717) is 10.9 Å². The molecular formula is C11H9BrN2O4. The van der Waals surface area contributed by atoms with Crippen LogP contribution in [0.1, 0.15) is 28.4 Å². The quantitative estimate of drug-likeness (QED) is 0.368. The molecule has 6 nitrogen and oxygen atoms in total. The summed E-state index contributed by atoms with van der Waals surface area (Å²) in [5.74, 6) is -0.639. The van der Waals surface area contributed by atoms with Crippen molar-refractivity contribution < 1.29 is 14.5 Å². The number of nitrogens with zero attached hydrogens (tertiary/aromatic N) is 2. The zero-order valence-electron chi connectivity index (χ0n) is 9.47. The van der Waals surface area contributed by atoms with Crippen LogP contribution in [0.3, 0.4) is 0 Å². The van der Waals surface area contributed by atoms with Crippen LogP contribution in [0, 0.1) is 21.4 Å². The van der Waals surface area contributed by atoms with Crippen LogP contribution in [-0.4, -0.2) is 17.5 Å². The highest BCUT2D eigenvalue weighted by Gasteiger charge is 2.21. The number of benzene rings is 1. The predicted molar refractivity (Wildman–Crippen MR) is 66.4 cm³/mol. The summed E-state index contributed by atoms with van der Waals surface area (Å²) >= 11 is 3.17. The molecule has 1 rings (SSSR count). The second-order valence-corrected chi connectivity index (χ2v) is 3.81. The van der Waals surface area contributed by atoms with E-state index in [1.165, 1.54) is 6.07 Å². The molecule has 0 heterocycles. The Labute approximate surface area is 111 Å². The number of halogens is 1. The molecule has 0 aliphatic heterocycles. The monoisotopic (exact) mass is 312 g/mol. The van der Waals surface area contributed by atoms with E-state index in [1.54, 1.807) is 13.0 Å². The molecule has 1 aromatic rings. The van der Waals surface area contributed by atoms with Crippen LogP contribution in [0.4, 0.5) is 5.69 Å². The molecule has 0 bridgehead atoms. The molecule has 1 aromatic carbocycles. The zero-order valence-corrected chi connectivity index (χ0v) is 11.1. The van der Waals surface area contributed by atoms with E-state index in [2.05, 4.69) is 15.9 Å². The lowest BCUT2D eigenvalue weighted by Crippen LogP contribution is -2.09. The van der Waals surface area contributed by atoms with Crippen LogP contribution in [0.2, 0.25) is 0 Å². The van der Waals surface area contributed by atoms with E-state index in [0.717, 1.165) is 6.07 Å². The molecule has 0 fully saturated rings. The first kappa shape index (κ1) is 14.1. The number of carbonyl (C=O) groups excluding carboxylic acids is 1. The Morgan fingerprint density at radius 2 is 2.28 bits per heavy atom. The van der Waals surface area contributed by atoms with Crippen molar-refractivity contribution in [2.75, 3.05) is 6.61 Å². The molecule has 0 aliphatic carbocycles. The minimum Gasteiger partial charge on any atom is -0.462 e. The van der Waals surface area contributed by atoms with Gasteiger partial charge in [-0.2, -0.15) is 5.26 Å². The van der Waals surface area contributed by atoms with Crippen molar-refractivity contribution in [3.8, 4) is 6.07 Å². The third-order valence-corrected chi connectivity index (χ3v) is 2.78. The van der Waals surface area contributed by atoms with E-state index in [-0.39, 0.29) is 17.7 Å². The molecule has 0 atom stereocenters. The van der Waals surface area contributed by atoms with Gasteiger partial charge in [-0.15, -0.1) is 0 Å². The number of hydrogen-bond donors (Lipinski definition) is 0. The van der Waals surface area contributed by atoms with Crippen molar-refractivity contribution in [2.45, 2.75) is 12.3 Å². The fourth-order valence-corrected chi connectivity index (χ4v) is 1.85. The lowest BCUT2D eigenvalue weighted by atomic mass is 10.0. The van der Waals surface area contributed by atoms with Crippen LogP contribution in [0.5, 0.6) is 0 Å². The van der Waals surface area contributed by atoms with Gasteiger partial charge in [0.15, 0.2) is 0 Å². The number of rotatable bonds is 4. The number of nitriles is 1. The van der Waals surface area contributed by atoms with Crippen molar-refractivity contribution in [1.82, 2.24) is 0 Å². The molecule has 94 valence electrons. The molecule has 0 spiro atoms. The topological polar surface area (TPSA) is 93.2 Å². The van der Waals surface area contributed by atoms with Gasteiger partial charge >= 0.3 is 5.97 Å². The number of ether oxygens (including phenoxy) is 1. The average Bonchev–Trinajstić information content (AvgIpc) is 2.37. The van der Waals surface area contributed by atoms with Crippen LogP contribution >= 0.6 is 15.9 Å². The summed E-state index contributed by atoms with van der Waals surface area (Å²) in [5, 5.41) is 19.9. The molecule has 0 N–H and O–H groups in total. The van der Waals surface area contributed by atoms with E-state index < -0.39 is 16.6 Å². The summed E-state index contributed by atoms with van der Waals surface area (Å²) in [4.78, 5) is 21.8. The summed E-state index contributed by atoms with van der Waals surface area (Å²) < 4.78 is 4.81. The third-order valence-electron chi connectivity index (χ3n) is 2.18. The smallest absolute Gasteiger partial charge is 0.338 e. The fourth-order valence-electron chi connectivity index (χ4n) is 1.38. The number of nitro groups is 1. The average molecular weight is 313 g/mol. The molecule has 0 amide bonds. The molecule has 0 unspecified atom stereocenters. The predicted octanol–water partition coefficient (Wildman–Crippen LogP) is 2.54. The molecule has 7 heteroatoms. The highest BCUT2D eigenvalue weighted by atomic mass is 79.9. The Balaban J connectivity index is 3.42. The second-order valence-electron chi connectivity index (χ2n) is 3.25. The van der Waals surface area contributed by atoms with E-state index in [4.69, 9.17) is 10.00 Å². The van der Waals surface area contributed by atoms with Gasteiger partial charge in [0.1, 0.15) is 11.6 Å². The highest BCUT2D eigenvalue weighted by molar-refractivity contribution is 9.08. The minimum atomic E-state index is -0.695. The van der Waals surface area contributed by atoms with Crippen molar-refractivity contribution in [3.63, 3.8) is 0 Å². The van der Waals surface area contributed by atoms with Gasteiger partial charge < -0.3 is 4.74 Å². The fraction of sp³-hybridized carbons (Fsp3) is 0.273. The Bertz CT molecular complexity index is 537. The van der Waals surface area contributed by atoms with Gasteiger partial charge in [-0.25, -0.2) is 4.79 Å². The SMILES string of the molecule is CCOC(=O)c1cc([N+](=O)[O-])c(C#N)cc1CBr. The third kappa shape index (κ3) is 2.84. The molecule has 0 aliphatic rings. The minimum absolute atomic E-state index is 0.0810. The van der Waals surface area contributed by atoms with Crippen LogP contribution < -0.4 is 0 Å². The Morgan fingerprint density at radius 1 is 1.61 bits per heavy atom. The molecule has 0 saturated heterocycles. The van der Waals surface area contributed by atoms with Crippen molar-refractivity contribution in [3.05, 3.63) is 38.9 Å². The number of esters is 1. The zero-order chi connectivity index (χ0) is 13.7. The summed E-state index contributed by atoms with van der Waals surface area (Å²) in [7, 11) is 0. The van der Waals surface area contributed by atoms with E-state index in [1.807, 2.05) is 0 Å². The van der Waals surface area contributed by atoms with Crippen molar-refractivity contribution in [2.24, 2.45) is 0 Å². The van der Waals surface area contributed by atoms with Gasteiger partial charge in [-0.1, -0.05) is 15.9 Å². The maximum Gasteiger partial charge on any atom is 0.338 e. The number of carbonyl (C=O) groups is 1. The van der Waals surface area contributed by atoms with Crippen LogP contribution in [0.15, 0.2) is 12.1 Å². The van der Waals surface area contributed by atoms with Gasteiger partial charge in [0.2, 0.25) is 0 Å². The van der Waals surface area contributed by atoms with Crippen molar-refractivity contribution >= 4 is 27.6 Å². The van der Waals surface area contributed by atoms with E-state index >= 15 is 0 Å². The first-order valence-electron chi connectivity index (χ1n) is 4.99. The van der Waals surface area contributed by atoms with E-state index in [9.17, 15) is 14.9 Å². The van der Waals surface area contributed by atoms with Crippen LogP contribution in [0.25, 0.3) is 0 Å². The number of nitro benzene ring substituents is 1. The van der Waals surface area contributed by atoms with Gasteiger partial charge in [-0.3, -0.25) is 10.1 Å². The Morgan fingerprint density at radius 3 is 2.72 bits per heavy atom. The molecule has 0 saturated carbocycles. The summed E-state index contributed by atoms with van der Waals surface area (Å²) in [6.45, 7) is 1.82. The lowest BCUT2D eigenvalue weighted by molar-refractivity contribution is -0.385. The van der Waals surface area contributed by atoms with Gasteiger partial charge in [0, 0.05) is 11.4 Å². The highest BCUT2D eigenvalue weighted by Crippen LogP contribution is 2.25. The summed E-state index contributed by atoms with van der Waals surface area (Å²) in [6.07, 6.45) is 0. The van der Waals surface area contributed by atoms with Crippen LogP contribution in [-0.2, 0) is 10.1 Å². The molecule has 0 radical (unpaired) electrons. The van der Waals surface area contributed by atoms with Crippen molar-refractivity contribution in [1.29, 1.82) is 5.26 Å². The normalized spacial score (nSPS) is 9.61. The molecule has 0 aromatic heterocycles. The molecular weight excluding hydrogens is 304 g/mol. The lowest BCUT2D eigenvalue weighted by Gasteiger charge is -2.07. The maximum absolute atomic E-state index is 11.7. The summed E-state index contributed by atoms with van der Waals surface area (Å²) in [6, 6.07) is 4.13. The second kappa shape index (κ2) is 6.12.